The molecule has 0 aliphatic carbocycles. The number of aromatic hydroxyl groups is 1. The average molecular weight is 278 g/mol. The van der Waals surface area contributed by atoms with Crippen molar-refractivity contribution in [1.29, 1.82) is 0 Å². The highest BCUT2D eigenvalue weighted by atomic mass is 32.1. The molecule has 0 bridgehead atoms. The number of carbonyl (C=O) groups excluding carboxylic acids is 1. The van der Waals surface area contributed by atoms with Crippen LogP contribution in [0.4, 0.5) is 5.00 Å². The molecule has 0 aliphatic heterocycles. The maximum Gasteiger partial charge on any atom is 0.360 e. The zero-order valence-corrected chi connectivity index (χ0v) is 11.5. The van der Waals surface area contributed by atoms with Crippen molar-refractivity contribution in [1.82, 2.24) is 4.98 Å². The van der Waals surface area contributed by atoms with Gasteiger partial charge in [-0.2, -0.15) is 0 Å². The summed E-state index contributed by atoms with van der Waals surface area (Å²) in [5, 5.41) is 10.7. The van der Waals surface area contributed by atoms with Crippen LogP contribution in [0.25, 0.3) is 10.6 Å². The van der Waals surface area contributed by atoms with Crippen molar-refractivity contribution in [2.75, 3.05) is 12.3 Å². The van der Waals surface area contributed by atoms with Crippen LogP contribution in [0.2, 0.25) is 0 Å². The molecule has 3 N–H and O–H groups in total. The number of rotatable bonds is 3. The Bertz CT molecular complexity index is 622. The van der Waals surface area contributed by atoms with Gasteiger partial charge in [0.1, 0.15) is 15.8 Å². The summed E-state index contributed by atoms with van der Waals surface area (Å²) in [4.78, 5) is 15.8. The number of hydrogen-bond donors (Lipinski definition) is 2. The normalized spacial score (nSPS) is 10.4. The number of nitrogens with two attached hydrogens (primary N) is 1. The van der Waals surface area contributed by atoms with E-state index in [-0.39, 0.29) is 23.1 Å². The number of hydrogen-bond acceptors (Lipinski definition) is 6. The van der Waals surface area contributed by atoms with Gasteiger partial charge in [-0.3, -0.25) is 0 Å². The predicted molar refractivity (Wildman–Crippen MR) is 74.3 cm³/mol. The fourth-order valence-electron chi connectivity index (χ4n) is 1.62. The fraction of sp³-hybridized carbons (Fsp3) is 0.231. The molecule has 0 saturated carbocycles. The fourth-order valence-corrected chi connectivity index (χ4v) is 2.47. The molecule has 0 spiro atoms. The molecule has 1 aromatic heterocycles. The predicted octanol–water partition coefficient (Wildman–Crippen LogP) is 2.58. The molecular weight excluding hydrogens is 264 g/mol. The highest BCUT2D eigenvalue weighted by Gasteiger charge is 2.19. The number of aryl methyl sites for hydroxylation is 1. The Hall–Kier alpha value is -2.08. The van der Waals surface area contributed by atoms with Crippen molar-refractivity contribution in [2.24, 2.45) is 0 Å². The first kappa shape index (κ1) is 13.4. The number of aromatic nitrogens is 1. The number of nitrogen functional groups attached to an aromatic ring is 1. The molecule has 100 valence electrons. The molecule has 6 heteroatoms. The summed E-state index contributed by atoms with van der Waals surface area (Å²) < 4.78 is 4.87. The van der Waals surface area contributed by atoms with Crippen LogP contribution in [-0.2, 0) is 4.74 Å². The SMILES string of the molecule is CCOC(=O)c1nc(-c2ccc(C)cc2O)sc1N. The molecule has 5 nitrogen and oxygen atoms in total. The molecule has 0 radical (unpaired) electrons. The monoisotopic (exact) mass is 278 g/mol. The number of nitrogens with zero attached hydrogens (tertiary/aromatic N) is 1. The van der Waals surface area contributed by atoms with Crippen LogP contribution in [0.1, 0.15) is 23.0 Å². The lowest BCUT2D eigenvalue weighted by Crippen LogP contribution is -2.07. The lowest BCUT2D eigenvalue weighted by Gasteiger charge is -2.01. The second-order valence-corrected chi connectivity index (χ2v) is 5.00. The summed E-state index contributed by atoms with van der Waals surface area (Å²) in [5.41, 5.74) is 7.36. The Morgan fingerprint density at radius 2 is 2.26 bits per heavy atom. The molecule has 0 saturated heterocycles. The van der Waals surface area contributed by atoms with E-state index in [0.29, 0.717) is 10.6 Å². The summed E-state index contributed by atoms with van der Waals surface area (Å²) in [6, 6.07) is 5.24. The summed E-state index contributed by atoms with van der Waals surface area (Å²) in [7, 11) is 0. The molecule has 2 aromatic rings. The van der Waals surface area contributed by atoms with E-state index in [2.05, 4.69) is 4.98 Å². The van der Waals surface area contributed by atoms with E-state index in [1.165, 1.54) is 0 Å². The molecule has 0 aliphatic rings. The van der Waals surface area contributed by atoms with Crippen LogP contribution < -0.4 is 5.73 Å². The Labute approximate surface area is 114 Å². The molecular formula is C13H14N2O3S. The van der Waals surface area contributed by atoms with Crippen molar-refractivity contribution >= 4 is 22.3 Å². The van der Waals surface area contributed by atoms with E-state index < -0.39 is 5.97 Å². The standard InChI is InChI=1S/C13H14N2O3S/c1-3-18-13(17)10-11(14)19-12(15-10)8-5-4-7(2)6-9(8)16/h4-6,16H,3,14H2,1-2H3. The molecule has 0 amide bonds. The third kappa shape index (κ3) is 2.68. The number of benzene rings is 1. The summed E-state index contributed by atoms with van der Waals surface area (Å²) in [6.45, 7) is 3.86. The Morgan fingerprint density at radius 3 is 2.89 bits per heavy atom. The van der Waals surface area contributed by atoms with Gasteiger partial charge in [-0.1, -0.05) is 17.4 Å². The molecule has 0 fully saturated rings. The van der Waals surface area contributed by atoms with Gasteiger partial charge in [0.05, 0.1) is 12.2 Å². The number of esters is 1. The molecule has 0 atom stereocenters. The van der Waals surface area contributed by atoms with Crippen molar-refractivity contribution in [3.8, 4) is 16.3 Å². The number of thiazole rings is 1. The van der Waals surface area contributed by atoms with E-state index in [4.69, 9.17) is 10.5 Å². The topological polar surface area (TPSA) is 85.4 Å². The van der Waals surface area contributed by atoms with E-state index >= 15 is 0 Å². The number of phenolic OH excluding ortho intramolecular Hbond substituents is 1. The van der Waals surface area contributed by atoms with Gasteiger partial charge < -0.3 is 15.6 Å². The molecule has 19 heavy (non-hydrogen) atoms. The van der Waals surface area contributed by atoms with Gasteiger partial charge in [-0.15, -0.1) is 0 Å². The number of phenols is 1. The lowest BCUT2D eigenvalue weighted by atomic mass is 10.1. The first-order valence-corrected chi connectivity index (χ1v) is 6.58. The van der Waals surface area contributed by atoms with Gasteiger partial charge in [0.2, 0.25) is 0 Å². The number of ether oxygens (including phenoxy) is 1. The Morgan fingerprint density at radius 1 is 1.53 bits per heavy atom. The van der Waals surface area contributed by atoms with Crippen molar-refractivity contribution < 1.29 is 14.6 Å². The number of carbonyl (C=O) groups is 1. The molecule has 2 rings (SSSR count). The zero-order valence-electron chi connectivity index (χ0n) is 10.6. The van der Waals surface area contributed by atoms with Crippen LogP contribution >= 0.6 is 11.3 Å². The van der Waals surface area contributed by atoms with Gasteiger partial charge in [0, 0.05) is 0 Å². The average Bonchev–Trinajstić information content (AvgIpc) is 2.71. The van der Waals surface area contributed by atoms with E-state index in [9.17, 15) is 9.90 Å². The summed E-state index contributed by atoms with van der Waals surface area (Å²) in [5.74, 6) is -0.432. The van der Waals surface area contributed by atoms with Crippen LogP contribution in [0, 0.1) is 6.92 Å². The van der Waals surface area contributed by atoms with Crippen LogP contribution in [0.15, 0.2) is 18.2 Å². The van der Waals surface area contributed by atoms with Crippen LogP contribution in [0.3, 0.4) is 0 Å². The highest BCUT2D eigenvalue weighted by molar-refractivity contribution is 7.19. The summed E-state index contributed by atoms with van der Waals surface area (Å²) >= 11 is 1.15. The lowest BCUT2D eigenvalue weighted by molar-refractivity contribution is 0.0521. The maximum atomic E-state index is 11.6. The quantitative estimate of drug-likeness (QED) is 0.843. The van der Waals surface area contributed by atoms with E-state index in [0.717, 1.165) is 16.9 Å². The minimum absolute atomic E-state index is 0.0989. The van der Waals surface area contributed by atoms with Crippen molar-refractivity contribution in [2.45, 2.75) is 13.8 Å². The third-order valence-corrected chi connectivity index (χ3v) is 3.42. The zero-order chi connectivity index (χ0) is 14.0. The van der Waals surface area contributed by atoms with Gasteiger partial charge in [-0.25, -0.2) is 9.78 Å². The first-order valence-electron chi connectivity index (χ1n) is 5.76. The minimum Gasteiger partial charge on any atom is -0.507 e. The second kappa shape index (κ2) is 5.27. The number of anilines is 1. The van der Waals surface area contributed by atoms with Crippen molar-refractivity contribution in [3.05, 3.63) is 29.5 Å². The maximum absolute atomic E-state index is 11.6. The van der Waals surface area contributed by atoms with Crippen molar-refractivity contribution in [3.63, 3.8) is 0 Å². The Kier molecular flexibility index (Phi) is 3.71. The Balaban J connectivity index is 2.42. The van der Waals surface area contributed by atoms with Crippen LogP contribution in [0.5, 0.6) is 5.75 Å². The smallest absolute Gasteiger partial charge is 0.360 e. The van der Waals surface area contributed by atoms with Gasteiger partial charge >= 0.3 is 5.97 Å². The van der Waals surface area contributed by atoms with Gasteiger partial charge in [0.25, 0.3) is 0 Å². The summed E-state index contributed by atoms with van der Waals surface area (Å²) in [6.07, 6.45) is 0. The first-order chi connectivity index (χ1) is 9.02. The van der Waals surface area contributed by atoms with Gasteiger partial charge in [0.15, 0.2) is 5.69 Å². The second-order valence-electron chi connectivity index (χ2n) is 3.97. The largest absolute Gasteiger partial charge is 0.507 e. The van der Waals surface area contributed by atoms with Crippen LogP contribution in [-0.4, -0.2) is 22.7 Å². The molecule has 1 heterocycles. The van der Waals surface area contributed by atoms with Gasteiger partial charge in [-0.05, 0) is 31.5 Å². The molecule has 0 unspecified atom stereocenters. The highest BCUT2D eigenvalue weighted by Crippen LogP contribution is 2.35. The third-order valence-electron chi connectivity index (χ3n) is 2.51. The minimum atomic E-state index is -0.547. The van der Waals surface area contributed by atoms with E-state index in [1.807, 2.05) is 13.0 Å². The van der Waals surface area contributed by atoms with E-state index in [1.54, 1.807) is 19.1 Å². The molecule has 1 aromatic carbocycles.